The molecule has 0 aliphatic carbocycles. The molecular formula is C29H28O2P2. The Morgan fingerprint density at radius 2 is 0.879 bits per heavy atom. The van der Waals surface area contributed by atoms with Crippen molar-refractivity contribution in [1.29, 1.82) is 0 Å². The Morgan fingerprint density at radius 1 is 0.515 bits per heavy atom. The average Bonchev–Trinajstić information content (AvgIpc) is 3.35. The first-order valence-corrected chi connectivity index (χ1v) is 14.4. The number of benzene rings is 4. The van der Waals surface area contributed by atoms with Gasteiger partial charge in [0.2, 0.25) is 0 Å². The minimum Gasteiger partial charge on any atom is -0.350 e. The molecule has 33 heavy (non-hydrogen) atoms. The van der Waals surface area contributed by atoms with Gasteiger partial charge in [0.25, 0.3) is 0 Å². The molecule has 1 aliphatic heterocycles. The Kier molecular flexibility index (Phi) is 7.61. The molecule has 166 valence electrons. The first kappa shape index (κ1) is 22.5. The van der Waals surface area contributed by atoms with Crippen molar-refractivity contribution < 1.29 is 9.47 Å². The second kappa shape index (κ2) is 11.2. The van der Waals surface area contributed by atoms with Crippen LogP contribution in [0.1, 0.15) is 0 Å². The van der Waals surface area contributed by atoms with E-state index in [1.165, 1.54) is 21.2 Å². The fourth-order valence-corrected chi connectivity index (χ4v) is 8.86. The molecule has 5 rings (SSSR count). The van der Waals surface area contributed by atoms with Gasteiger partial charge in [0.05, 0.1) is 12.7 Å². The molecule has 2 nitrogen and oxygen atoms in total. The van der Waals surface area contributed by atoms with Gasteiger partial charge in [-0.2, -0.15) is 0 Å². The van der Waals surface area contributed by atoms with Crippen LogP contribution in [0.5, 0.6) is 0 Å². The Labute approximate surface area is 199 Å². The highest BCUT2D eigenvalue weighted by Gasteiger charge is 2.31. The molecule has 1 saturated heterocycles. The fraction of sp³-hybridized carbons (Fsp3) is 0.172. The van der Waals surface area contributed by atoms with E-state index in [2.05, 4.69) is 121 Å². The van der Waals surface area contributed by atoms with Crippen molar-refractivity contribution >= 4 is 37.1 Å². The SMILES string of the molecule is c1ccc(P(C[C@H]2CO[C@@H](CP(c3ccccc3)c3ccccc3)O2)c2ccccc2)cc1. The molecule has 0 aromatic heterocycles. The number of ether oxygens (including phenoxy) is 2. The van der Waals surface area contributed by atoms with E-state index in [1.807, 2.05) is 0 Å². The van der Waals surface area contributed by atoms with Gasteiger partial charge in [-0.15, -0.1) is 0 Å². The number of rotatable bonds is 8. The highest BCUT2D eigenvalue weighted by atomic mass is 31.1. The van der Waals surface area contributed by atoms with Crippen LogP contribution in [-0.4, -0.2) is 31.3 Å². The van der Waals surface area contributed by atoms with Crippen LogP contribution in [0, 0.1) is 0 Å². The number of hydrogen-bond acceptors (Lipinski definition) is 2. The molecule has 0 radical (unpaired) electrons. The molecule has 0 saturated carbocycles. The third-order valence-corrected chi connectivity index (χ3v) is 10.9. The maximum absolute atomic E-state index is 6.52. The largest absolute Gasteiger partial charge is 0.350 e. The van der Waals surface area contributed by atoms with Crippen LogP contribution in [0.4, 0.5) is 0 Å². The van der Waals surface area contributed by atoms with E-state index in [4.69, 9.17) is 9.47 Å². The molecule has 1 aliphatic rings. The molecule has 4 aromatic carbocycles. The van der Waals surface area contributed by atoms with Crippen molar-refractivity contribution in [3.63, 3.8) is 0 Å². The molecular weight excluding hydrogens is 442 g/mol. The normalized spacial score (nSPS) is 18.1. The van der Waals surface area contributed by atoms with Crippen LogP contribution in [0.2, 0.25) is 0 Å². The predicted molar refractivity (Wildman–Crippen MR) is 142 cm³/mol. The summed E-state index contributed by atoms with van der Waals surface area (Å²) in [6.07, 6.45) is 1.82. The van der Waals surface area contributed by atoms with E-state index < -0.39 is 15.8 Å². The van der Waals surface area contributed by atoms with Crippen molar-refractivity contribution in [2.24, 2.45) is 0 Å². The van der Waals surface area contributed by atoms with Gasteiger partial charge < -0.3 is 9.47 Å². The van der Waals surface area contributed by atoms with E-state index >= 15 is 0 Å². The standard InChI is InChI=1S/C29H28O2P2/c1-5-13-25(14-6-1)32(26-15-7-2-8-16-26)22-24-21-30-29(31-24)23-33(27-17-9-3-10-18-27)28-19-11-4-12-20-28/h1-20,24,29H,21-23H2/t24-,29-/m1/s1. The summed E-state index contributed by atoms with van der Waals surface area (Å²) in [7, 11) is -1.02. The lowest BCUT2D eigenvalue weighted by Gasteiger charge is -2.23. The van der Waals surface area contributed by atoms with E-state index in [1.54, 1.807) is 0 Å². The average molecular weight is 470 g/mol. The van der Waals surface area contributed by atoms with Gasteiger partial charge in [-0.1, -0.05) is 121 Å². The summed E-state index contributed by atoms with van der Waals surface area (Å²) >= 11 is 0. The lowest BCUT2D eigenvalue weighted by atomic mass is 10.4. The summed E-state index contributed by atoms with van der Waals surface area (Å²) < 4.78 is 12.7. The summed E-state index contributed by atoms with van der Waals surface area (Å²) in [6.45, 7) is 0.663. The molecule has 0 spiro atoms. The van der Waals surface area contributed by atoms with Gasteiger partial charge in [-0.05, 0) is 37.1 Å². The smallest absolute Gasteiger partial charge is 0.162 e. The van der Waals surface area contributed by atoms with E-state index in [-0.39, 0.29) is 12.4 Å². The zero-order valence-electron chi connectivity index (χ0n) is 18.5. The first-order chi connectivity index (χ1) is 16.4. The highest BCUT2D eigenvalue weighted by molar-refractivity contribution is 7.73. The molecule has 0 unspecified atom stereocenters. The predicted octanol–water partition coefficient (Wildman–Crippen LogP) is 4.99. The Hall–Kier alpha value is -2.34. The summed E-state index contributed by atoms with van der Waals surface area (Å²) in [5, 5.41) is 5.51. The molecule has 1 heterocycles. The van der Waals surface area contributed by atoms with Crippen LogP contribution >= 0.6 is 15.8 Å². The van der Waals surface area contributed by atoms with Crippen LogP contribution < -0.4 is 21.2 Å². The van der Waals surface area contributed by atoms with Gasteiger partial charge in [0.15, 0.2) is 6.29 Å². The lowest BCUT2D eigenvalue weighted by Crippen LogP contribution is -2.25. The third kappa shape index (κ3) is 5.78. The number of hydrogen-bond donors (Lipinski definition) is 0. The minimum absolute atomic E-state index is 0.116. The summed E-state index contributed by atoms with van der Waals surface area (Å²) in [4.78, 5) is 0. The Morgan fingerprint density at radius 3 is 1.27 bits per heavy atom. The molecule has 0 N–H and O–H groups in total. The van der Waals surface area contributed by atoms with E-state index in [0.717, 1.165) is 12.3 Å². The van der Waals surface area contributed by atoms with Crippen molar-refractivity contribution in [3.8, 4) is 0 Å². The van der Waals surface area contributed by atoms with Crippen LogP contribution in [0.25, 0.3) is 0 Å². The van der Waals surface area contributed by atoms with Crippen LogP contribution in [-0.2, 0) is 9.47 Å². The van der Waals surface area contributed by atoms with E-state index in [0.29, 0.717) is 6.61 Å². The first-order valence-electron chi connectivity index (χ1n) is 11.4. The minimum atomic E-state index is -0.534. The quantitative estimate of drug-likeness (QED) is 0.338. The summed E-state index contributed by atoms with van der Waals surface area (Å²) in [6, 6.07) is 43.3. The second-order valence-corrected chi connectivity index (χ2v) is 12.6. The zero-order valence-corrected chi connectivity index (χ0v) is 20.3. The van der Waals surface area contributed by atoms with Crippen molar-refractivity contribution in [2.45, 2.75) is 12.4 Å². The molecule has 2 atom stereocenters. The van der Waals surface area contributed by atoms with Gasteiger partial charge in [0, 0.05) is 12.3 Å². The molecule has 4 aromatic rings. The van der Waals surface area contributed by atoms with Crippen LogP contribution in [0.15, 0.2) is 121 Å². The van der Waals surface area contributed by atoms with Gasteiger partial charge in [-0.3, -0.25) is 0 Å². The zero-order chi connectivity index (χ0) is 22.3. The molecule has 0 bridgehead atoms. The van der Waals surface area contributed by atoms with E-state index in [9.17, 15) is 0 Å². The Balaban J connectivity index is 1.31. The molecule has 0 amide bonds. The summed E-state index contributed by atoms with van der Waals surface area (Å²) in [5.74, 6) is 0. The fourth-order valence-electron chi connectivity index (χ4n) is 4.20. The molecule has 1 fully saturated rings. The maximum Gasteiger partial charge on any atom is 0.162 e. The summed E-state index contributed by atoms with van der Waals surface area (Å²) in [5.41, 5.74) is 0. The Bertz CT molecular complexity index is 937. The van der Waals surface area contributed by atoms with Crippen molar-refractivity contribution in [2.75, 3.05) is 18.9 Å². The van der Waals surface area contributed by atoms with Gasteiger partial charge in [0.1, 0.15) is 0 Å². The van der Waals surface area contributed by atoms with Gasteiger partial charge >= 0.3 is 0 Å². The monoisotopic (exact) mass is 470 g/mol. The van der Waals surface area contributed by atoms with Gasteiger partial charge in [-0.25, -0.2) is 0 Å². The van der Waals surface area contributed by atoms with Crippen molar-refractivity contribution in [3.05, 3.63) is 121 Å². The third-order valence-electron chi connectivity index (χ3n) is 5.80. The lowest BCUT2D eigenvalue weighted by molar-refractivity contribution is -0.0350. The molecule has 4 heteroatoms. The van der Waals surface area contributed by atoms with Crippen molar-refractivity contribution in [1.82, 2.24) is 0 Å². The topological polar surface area (TPSA) is 18.5 Å². The maximum atomic E-state index is 6.52. The second-order valence-electron chi connectivity index (χ2n) is 8.08. The van der Waals surface area contributed by atoms with Crippen LogP contribution in [0.3, 0.4) is 0 Å². The highest BCUT2D eigenvalue weighted by Crippen LogP contribution is 2.39.